The van der Waals surface area contributed by atoms with Crippen LogP contribution in [0.1, 0.15) is 90.5 Å². The molecule has 0 spiro atoms. The highest BCUT2D eigenvalue weighted by atomic mass is 32.2. The molecule has 2 amide bonds. The molecule has 0 bridgehead atoms. The van der Waals surface area contributed by atoms with Crippen molar-refractivity contribution in [2.75, 3.05) is 31.5 Å². The van der Waals surface area contributed by atoms with Gasteiger partial charge in [-0.15, -0.1) is 11.3 Å². The zero-order chi connectivity index (χ0) is 27.7. The second-order valence-corrected chi connectivity index (χ2v) is 14.3. The molecule has 3 aliphatic heterocycles. The number of likely N-dealkylation sites (tertiary alicyclic amines) is 1. The summed E-state index contributed by atoms with van der Waals surface area (Å²) < 4.78 is 28.0. The van der Waals surface area contributed by atoms with E-state index in [4.69, 9.17) is 0 Å². The van der Waals surface area contributed by atoms with E-state index in [0.29, 0.717) is 28.7 Å². The van der Waals surface area contributed by atoms with Crippen molar-refractivity contribution in [3.05, 3.63) is 45.8 Å². The minimum atomic E-state index is -3.61. The summed E-state index contributed by atoms with van der Waals surface area (Å²) in [5.74, 6) is -0.324. The van der Waals surface area contributed by atoms with Gasteiger partial charge < -0.3 is 10.2 Å². The van der Waals surface area contributed by atoms with Crippen molar-refractivity contribution >= 4 is 38.2 Å². The predicted molar refractivity (Wildman–Crippen MR) is 155 cm³/mol. The monoisotopic (exact) mass is 572 g/mol. The molecule has 3 aliphatic rings. The van der Waals surface area contributed by atoms with Gasteiger partial charge in [0.05, 0.1) is 10.5 Å². The zero-order valence-electron chi connectivity index (χ0n) is 23.2. The van der Waals surface area contributed by atoms with Crippen LogP contribution < -0.4 is 5.32 Å². The largest absolute Gasteiger partial charge is 0.339 e. The number of hydrogen-bond acceptors (Lipinski definition) is 6. The Morgan fingerprint density at radius 3 is 2.33 bits per heavy atom. The molecule has 5 rings (SSSR count). The van der Waals surface area contributed by atoms with Crippen LogP contribution in [0.5, 0.6) is 0 Å². The van der Waals surface area contributed by atoms with Crippen LogP contribution in [-0.4, -0.2) is 72.6 Å². The first-order valence-corrected chi connectivity index (χ1v) is 16.5. The van der Waals surface area contributed by atoms with E-state index in [1.807, 2.05) is 11.8 Å². The molecule has 8 nitrogen and oxygen atoms in total. The molecule has 1 aromatic heterocycles. The van der Waals surface area contributed by atoms with Crippen molar-refractivity contribution in [2.45, 2.75) is 89.2 Å². The molecule has 2 aromatic rings. The van der Waals surface area contributed by atoms with Crippen molar-refractivity contribution in [2.24, 2.45) is 0 Å². The normalized spacial score (nSPS) is 21.1. The highest BCUT2D eigenvalue weighted by Gasteiger charge is 2.33. The van der Waals surface area contributed by atoms with Crippen LogP contribution >= 0.6 is 11.3 Å². The van der Waals surface area contributed by atoms with Gasteiger partial charge in [0.25, 0.3) is 11.8 Å². The van der Waals surface area contributed by atoms with Crippen LogP contribution in [0.3, 0.4) is 0 Å². The molecule has 39 heavy (non-hydrogen) atoms. The Hall–Kier alpha value is -2.27. The van der Waals surface area contributed by atoms with Crippen molar-refractivity contribution in [3.8, 4) is 0 Å². The lowest BCUT2D eigenvalue weighted by atomic mass is 10.00. The number of anilines is 1. The molecule has 1 aromatic carbocycles. The van der Waals surface area contributed by atoms with E-state index in [1.165, 1.54) is 23.5 Å². The number of amides is 2. The molecular formula is C29H40N4O4S2. The zero-order valence-corrected chi connectivity index (χ0v) is 24.9. The standard InChI is InChI=1S/C29H40N4O4S2/c1-20(2)32-18-14-24-25(19-32)38-28(26(24)29(35)31-15-6-4-7-16-31)30-27(34)22-10-12-23(13-11-22)39(36,37)33-17-8-5-9-21(33)3/h10-13,20-21H,4-9,14-19H2,1-3H3,(H,30,34). The summed E-state index contributed by atoms with van der Waals surface area (Å²) in [5.41, 5.74) is 2.08. The van der Waals surface area contributed by atoms with Gasteiger partial charge in [-0.05, 0) is 89.1 Å². The maximum atomic E-state index is 13.7. The van der Waals surface area contributed by atoms with Crippen molar-refractivity contribution in [1.29, 1.82) is 0 Å². The average molecular weight is 573 g/mol. The van der Waals surface area contributed by atoms with E-state index in [0.717, 1.165) is 81.6 Å². The first-order chi connectivity index (χ1) is 18.7. The molecule has 1 N–H and O–H groups in total. The molecule has 1 atom stereocenters. The lowest BCUT2D eigenvalue weighted by Crippen LogP contribution is -2.41. The SMILES string of the molecule is CC(C)N1CCc2c(sc(NC(=O)c3ccc(S(=O)(=O)N4CCCCC4C)cc3)c2C(=O)N2CCCCC2)C1. The average Bonchev–Trinajstić information content (AvgIpc) is 3.30. The summed E-state index contributed by atoms with van der Waals surface area (Å²) in [6, 6.07) is 6.55. The molecule has 212 valence electrons. The van der Waals surface area contributed by atoms with E-state index in [2.05, 4.69) is 24.1 Å². The first kappa shape index (κ1) is 28.3. The second kappa shape index (κ2) is 11.7. The van der Waals surface area contributed by atoms with Gasteiger partial charge in [0, 0.05) is 55.2 Å². The number of carbonyl (C=O) groups excluding carboxylic acids is 2. The molecule has 2 fully saturated rings. The van der Waals surface area contributed by atoms with E-state index in [-0.39, 0.29) is 22.8 Å². The van der Waals surface area contributed by atoms with Gasteiger partial charge >= 0.3 is 0 Å². The molecule has 1 unspecified atom stereocenters. The van der Waals surface area contributed by atoms with E-state index in [9.17, 15) is 18.0 Å². The second-order valence-electron chi connectivity index (χ2n) is 11.3. The van der Waals surface area contributed by atoms with Gasteiger partial charge in [0.15, 0.2) is 0 Å². The number of rotatable bonds is 6. The Balaban J connectivity index is 1.39. The minimum absolute atomic E-state index is 0.0117. The fraction of sp³-hybridized carbons (Fsp3) is 0.586. The number of carbonyl (C=O) groups is 2. The summed E-state index contributed by atoms with van der Waals surface area (Å²) in [6.45, 7) is 9.99. The lowest BCUT2D eigenvalue weighted by molar-refractivity contribution is 0.0723. The van der Waals surface area contributed by atoms with Gasteiger partial charge in [-0.1, -0.05) is 6.42 Å². The van der Waals surface area contributed by atoms with Crippen LogP contribution in [0, 0.1) is 0 Å². The minimum Gasteiger partial charge on any atom is -0.339 e. The first-order valence-electron chi connectivity index (χ1n) is 14.3. The maximum absolute atomic E-state index is 13.7. The molecule has 0 aliphatic carbocycles. The highest BCUT2D eigenvalue weighted by Crippen LogP contribution is 2.39. The van der Waals surface area contributed by atoms with Crippen LogP contribution in [0.2, 0.25) is 0 Å². The van der Waals surface area contributed by atoms with Gasteiger partial charge in [-0.3, -0.25) is 14.5 Å². The van der Waals surface area contributed by atoms with Gasteiger partial charge in [0.1, 0.15) is 5.00 Å². The van der Waals surface area contributed by atoms with Crippen LogP contribution in [0.4, 0.5) is 5.00 Å². The number of benzene rings is 1. The quantitative estimate of drug-likeness (QED) is 0.529. The summed E-state index contributed by atoms with van der Waals surface area (Å²) in [7, 11) is -3.61. The Kier molecular flexibility index (Phi) is 8.47. The van der Waals surface area contributed by atoms with Gasteiger partial charge in [0.2, 0.25) is 10.0 Å². The van der Waals surface area contributed by atoms with Crippen molar-refractivity contribution in [3.63, 3.8) is 0 Å². The maximum Gasteiger partial charge on any atom is 0.257 e. The number of sulfonamides is 1. The molecule has 0 radical (unpaired) electrons. The number of piperidine rings is 2. The molecule has 2 saturated heterocycles. The Bertz CT molecular complexity index is 1310. The predicted octanol–water partition coefficient (Wildman–Crippen LogP) is 4.96. The van der Waals surface area contributed by atoms with Crippen LogP contribution in [0.15, 0.2) is 29.2 Å². The fourth-order valence-electron chi connectivity index (χ4n) is 5.95. The van der Waals surface area contributed by atoms with E-state index < -0.39 is 10.0 Å². The Labute approximate surface area is 236 Å². The van der Waals surface area contributed by atoms with Crippen LogP contribution in [-0.2, 0) is 23.0 Å². The summed E-state index contributed by atoms with van der Waals surface area (Å²) in [4.78, 5) is 32.7. The summed E-state index contributed by atoms with van der Waals surface area (Å²) >= 11 is 1.50. The molecular weight excluding hydrogens is 532 g/mol. The number of nitrogens with one attached hydrogen (secondary N) is 1. The van der Waals surface area contributed by atoms with Crippen molar-refractivity contribution in [1.82, 2.24) is 14.1 Å². The third-order valence-electron chi connectivity index (χ3n) is 8.37. The summed E-state index contributed by atoms with van der Waals surface area (Å²) in [5, 5.41) is 3.63. The topological polar surface area (TPSA) is 90.0 Å². The third kappa shape index (κ3) is 5.80. The number of thiophene rings is 1. The summed E-state index contributed by atoms with van der Waals surface area (Å²) in [6.07, 6.45) is 6.70. The molecule has 4 heterocycles. The number of nitrogens with zero attached hydrogens (tertiary/aromatic N) is 3. The smallest absolute Gasteiger partial charge is 0.257 e. The highest BCUT2D eigenvalue weighted by molar-refractivity contribution is 7.89. The number of hydrogen-bond donors (Lipinski definition) is 1. The van der Waals surface area contributed by atoms with E-state index >= 15 is 0 Å². The Morgan fingerprint density at radius 1 is 0.974 bits per heavy atom. The molecule has 10 heteroatoms. The van der Waals surface area contributed by atoms with E-state index in [1.54, 1.807) is 16.4 Å². The van der Waals surface area contributed by atoms with Gasteiger partial charge in [-0.2, -0.15) is 4.31 Å². The Morgan fingerprint density at radius 2 is 1.67 bits per heavy atom. The number of fused-ring (bicyclic) bond motifs is 1. The van der Waals surface area contributed by atoms with Gasteiger partial charge in [-0.25, -0.2) is 8.42 Å². The van der Waals surface area contributed by atoms with Crippen molar-refractivity contribution < 1.29 is 18.0 Å². The molecule has 0 saturated carbocycles. The van der Waals surface area contributed by atoms with Crippen LogP contribution in [0.25, 0.3) is 0 Å². The third-order valence-corrected chi connectivity index (χ3v) is 11.5. The fourth-order valence-corrected chi connectivity index (χ4v) is 8.91. The lowest BCUT2D eigenvalue weighted by Gasteiger charge is -2.32.